The number of rotatable bonds is 3. The van der Waals surface area contributed by atoms with Gasteiger partial charge in [-0.1, -0.05) is 43.9 Å². The third kappa shape index (κ3) is 2.99. The van der Waals surface area contributed by atoms with Crippen molar-refractivity contribution in [2.45, 2.75) is 82.7 Å². The van der Waals surface area contributed by atoms with E-state index in [0.717, 1.165) is 54.7 Å². The number of benzene rings is 1. The van der Waals surface area contributed by atoms with Crippen LogP contribution in [-0.4, -0.2) is 33.3 Å². The summed E-state index contributed by atoms with van der Waals surface area (Å²) in [7, 11) is 0. The van der Waals surface area contributed by atoms with Gasteiger partial charge in [-0.25, -0.2) is 4.98 Å². The largest absolute Gasteiger partial charge is 0.329 e. The van der Waals surface area contributed by atoms with Gasteiger partial charge in [-0.3, -0.25) is 9.59 Å². The molecule has 30 heavy (non-hydrogen) atoms. The maximum absolute atomic E-state index is 13.8. The summed E-state index contributed by atoms with van der Waals surface area (Å²) < 4.78 is 0. The van der Waals surface area contributed by atoms with E-state index >= 15 is 0 Å². The number of aromatic nitrogens is 1. The van der Waals surface area contributed by atoms with Crippen molar-refractivity contribution in [3.63, 3.8) is 0 Å². The zero-order valence-corrected chi connectivity index (χ0v) is 18.6. The van der Waals surface area contributed by atoms with Gasteiger partial charge in [-0.05, 0) is 51.2 Å². The van der Waals surface area contributed by atoms with E-state index in [2.05, 4.69) is 15.2 Å². The minimum absolute atomic E-state index is 0.0198. The van der Waals surface area contributed by atoms with Crippen LogP contribution in [0.4, 0.5) is 5.13 Å². The Hall–Kier alpha value is -2.21. The molecule has 0 unspecified atom stereocenters. The highest BCUT2D eigenvalue weighted by Crippen LogP contribution is 2.52. The first-order chi connectivity index (χ1) is 14.5. The lowest BCUT2D eigenvalue weighted by Crippen LogP contribution is -2.62. The van der Waals surface area contributed by atoms with Crippen LogP contribution in [0.3, 0.4) is 0 Å². The molecule has 5 nitrogen and oxygen atoms in total. The number of hydrogen-bond donors (Lipinski definition) is 1. The molecule has 1 aromatic carbocycles. The van der Waals surface area contributed by atoms with Crippen LogP contribution in [0.25, 0.3) is 0 Å². The number of aryl methyl sites for hydroxylation is 2. The Bertz CT molecular complexity index is 967. The molecule has 0 bridgehead atoms. The van der Waals surface area contributed by atoms with Crippen molar-refractivity contribution >= 4 is 28.3 Å². The highest BCUT2D eigenvalue weighted by atomic mass is 32.1. The first-order valence-electron chi connectivity index (χ1n) is 11.2. The second-order valence-corrected chi connectivity index (χ2v) is 10.3. The molecular formula is C24H29N3O2S. The summed E-state index contributed by atoms with van der Waals surface area (Å²) in [6.45, 7) is 3.99. The van der Waals surface area contributed by atoms with Gasteiger partial charge in [-0.15, -0.1) is 11.3 Å². The van der Waals surface area contributed by atoms with Gasteiger partial charge < -0.3 is 10.2 Å². The second kappa shape index (κ2) is 7.49. The van der Waals surface area contributed by atoms with Crippen LogP contribution in [0.1, 0.15) is 83.8 Å². The number of nitrogens with one attached hydrogen (secondary N) is 1. The van der Waals surface area contributed by atoms with Gasteiger partial charge in [0.25, 0.3) is 5.91 Å². The number of hydrogen-bond acceptors (Lipinski definition) is 4. The SMILES string of the molecule is Cc1nc(NC(=O)[C@H]2c3ccccc3C(=O)N(C3CCCC3)C23CCCC3)sc1C. The molecule has 5 rings (SSSR count). The Labute approximate surface area is 181 Å². The first-order valence-corrected chi connectivity index (χ1v) is 12.0. The van der Waals surface area contributed by atoms with Crippen molar-refractivity contribution in [2.75, 3.05) is 5.32 Å². The summed E-state index contributed by atoms with van der Waals surface area (Å²) in [5.41, 5.74) is 2.14. The minimum Gasteiger partial charge on any atom is -0.329 e. The van der Waals surface area contributed by atoms with Gasteiger partial charge in [0.05, 0.1) is 17.2 Å². The van der Waals surface area contributed by atoms with E-state index < -0.39 is 5.54 Å². The molecule has 2 fully saturated rings. The second-order valence-electron chi connectivity index (χ2n) is 9.09. The molecule has 1 aromatic heterocycles. The fourth-order valence-corrected chi connectivity index (χ4v) is 6.82. The summed E-state index contributed by atoms with van der Waals surface area (Å²) in [5.74, 6) is -0.239. The van der Waals surface area contributed by atoms with Crippen LogP contribution in [-0.2, 0) is 4.79 Å². The quantitative estimate of drug-likeness (QED) is 0.739. The number of carbonyl (C=O) groups is 2. The molecule has 2 saturated carbocycles. The summed E-state index contributed by atoms with van der Waals surface area (Å²) in [6.07, 6.45) is 8.37. The third-order valence-electron chi connectivity index (χ3n) is 7.42. The Morgan fingerprint density at radius 1 is 1.13 bits per heavy atom. The molecule has 2 aliphatic carbocycles. The molecule has 1 aliphatic heterocycles. The molecule has 2 aromatic rings. The average molecular weight is 424 g/mol. The van der Waals surface area contributed by atoms with Crippen LogP contribution in [0.15, 0.2) is 24.3 Å². The lowest BCUT2D eigenvalue weighted by molar-refractivity contribution is -0.121. The van der Waals surface area contributed by atoms with Gasteiger partial charge in [0, 0.05) is 16.5 Å². The van der Waals surface area contributed by atoms with E-state index in [-0.39, 0.29) is 23.8 Å². The van der Waals surface area contributed by atoms with Crippen LogP contribution in [0.2, 0.25) is 0 Å². The fraction of sp³-hybridized carbons (Fsp3) is 0.542. The van der Waals surface area contributed by atoms with Crippen LogP contribution >= 0.6 is 11.3 Å². The highest BCUT2D eigenvalue weighted by molar-refractivity contribution is 7.15. The molecule has 2 amide bonds. The van der Waals surface area contributed by atoms with Crippen molar-refractivity contribution in [2.24, 2.45) is 0 Å². The number of fused-ring (bicyclic) bond motifs is 1. The molecule has 158 valence electrons. The van der Waals surface area contributed by atoms with Crippen LogP contribution < -0.4 is 5.32 Å². The first kappa shape index (κ1) is 19.7. The average Bonchev–Trinajstić information content (AvgIpc) is 3.46. The number of nitrogens with zero attached hydrogens (tertiary/aromatic N) is 2. The maximum atomic E-state index is 13.8. The smallest absolute Gasteiger partial charge is 0.254 e. The van der Waals surface area contributed by atoms with Gasteiger partial charge in [-0.2, -0.15) is 0 Å². The summed E-state index contributed by atoms with van der Waals surface area (Å²) >= 11 is 1.52. The normalized spacial score (nSPS) is 23.2. The zero-order valence-electron chi connectivity index (χ0n) is 17.7. The van der Waals surface area contributed by atoms with Crippen LogP contribution in [0.5, 0.6) is 0 Å². The van der Waals surface area contributed by atoms with E-state index in [1.165, 1.54) is 24.2 Å². The van der Waals surface area contributed by atoms with Gasteiger partial charge in [0.1, 0.15) is 0 Å². The molecular weight excluding hydrogens is 394 g/mol. The lowest BCUT2D eigenvalue weighted by Gasteiger charge is -2.52. The van der Waals surface area contributed by atoms with Gasteiger partial charge in [0.2, 0.25) is 5.91 Å². The Morgan fingerprint density at radius 2 is 1.83 bits per heavy atom. The van der Waals surface area contributed by atoms with E-state index in [4.69, 9.17) is 0 Å². The monoisotopic (exact) mass is 423 g/mol. The highest BCUT2D eigenvalue weighted by Gasteiger charge is 2.57. The van der Waals surface area contributed by atoms with E-state index in [9.17, 15) is 9.59 Å². The van der Waals surface area contributed by atoms with Crippen molar-refractivity contribution < 1.29 is 9.59 Å². The summed E-state index contributed by atoms with van der Waals surface area (Å²) in [4.78, 5) is 35.3. The molecule has 0 saturated heterocycles. The predicted molar refractivity (Wildman–Crippen MR) is 119 cm³/mol. The number of anilines is 1. The topological polar surface area (TPSA) is 62.3 Å². The van der Waals surface area contributed by atoms with Crippen molar-refractivity contribution in [3.05, 3.63) is 46.0 Å². The number of thiazole rings is 1. The Kier molecular flexibility index (Phi) is 4.92. The summed E-state index contributed by atoms with van der Waals surface area (Å²) in [6, 6.07) is 8.02. The Balaban J connectivity index is 1.61. The standard InChI is InChI=1S/C24H29N3O2S/c1-15-16(2)30-23(25-15)26-21(28)20-18-11-5-6-12-19(18)22(29)27(17-9-3-4-10-17)24(20)13-7-8-14-24/h5-6,11-12,17,20H,3-4,7-10,13-14H2,1-2H3,(H,25,26,28)/t20-/m1/s1. The zero-order chi connectivity index (χ0) is 20.9. The number of carbonyl (C=O) groups excluding carboxylic acids is 2. The molecule has 1 N–H and O–H groups in total. The fourth-order valence-electron chi connectivity index (χ4n) is 6.00. The Morgan fingerprint density at radius 3 is 2.50 bits per heavy atom. The van der Waals surface area contributed by atoms with Crippen molar-refractivity contribution in [1.29, 1.82) is 0 Å². The van der Waals surface area contributed by atoms with Gasteiger partial charge in [0.15, 0.2) is 5.13 Å². The molecule has 2 heterocycles. The van der Waals surface area contributed by atoms with Crippen molar-refractivity contribution in [1.82, 2.24) is 9.88 Å². The third-order valence-corrected chi connectivity index (χ3v) is 8.41. The molecule has 3 aliphatic rings. The minimum atomic E-state index is -0.411. The number of amides is 2. The van der Waals surface area contributed by atoms with Gasteiger partial charge >= 0.3 is 0 Å². The molecule has 1 atom stereocenters. The molecule has 1 spiro atoms. The van der Waals surface area contributed by atoms with E-state index in [1.54, 1.807) is 0 Å². The predicted octanol–water partition coefficient (Wildman–Crippen LogP) is 5.19. The molecule has 0 radical (unpaired) electrons. The molecule has 6 heteroatoms. The lowest BCUT2D eigenvalue weighted by atomic mass is 9.70. The summed E-state index contributed by atoms with van der Waals surface area (Å²) in [5, 5.41) is 3.78. The van der Waals surface area contributed by atoms with Crippen LogP contribution in [0, 0.1) is 13.8 Å². The van der Waals surface area contributed by atoms with Crippen molar-refractivity contribution in [3.8, 4) is 0 Å². The maximum Gasteiger partial charge on any atom is 0.254 e. The van der Waals surface area contributed by atoms with E-state index in [1.807, 2.05) is 38.1 Å². The van der Waals surface area contributed by atoms with E-state index in [0.29, 0.717) is 10.7 Å².